The Bertz CT molecular complexity index is 988. The Balaban J connectivity index is 1.83. The maximum absolute atomic E-state index is 13.4. The topological polar surface area (TPSA) is 299 Å². The van der Waals surface area contributed by atoms with Crippen LogP contribution in [0.2, 0.25) is 0 Å². The molecule has 0 aliphatic carbocycles. The molecule has 0 unspecified atom stereocenters. The second kappa shape index (κ2) is 23.3. The van der Waals surface area contributed by atoms with E-state index in [2.05, 4.69) is 5.32 Å². The lowest BCUT2D eigenvalue weighted by molar-refractivity contribution is -0.205. The molecule has 2 rings (SSSR count). The molecule has 0 aromatic heterocycles. The average Bonchev–Trinajstić information content (AvgIpc) is 3.08. The molecule has 2 heterocycles. The van der Waals surface area contributed by atoms with Crippen molar-refractivity contribution in [2.75, 3.05) is 44.4 Å². The third-order valence-corrected chi connectivity index (χ3v) is 10.8. The zero-order chi connectivity index (χ0) is 36.5. The molecule has 286 valence electrons. The quantitative estimate of drug-likeness (QED) is 0.0449. The molecule has 49 heavy (non-hydrogen) atoms. The molecule has 11 atom stereocenters. The molecule has 0 aromatic carbocycles. The SMILES string of the molecule is NCCCCCCN(C(=O)CCS[C@H]1O[C@H](CO)[C@@H](O)[C@H](O)[C@@H]1O)[C@@H](CCCCNC(=O)CCS[C@H]1O[C@H](CO)[C@@H](O)[C@H](O)[C@@H]1O)C(N)=O. The first-order chi connectivity index (χ1) is 23.4. The molecule has 3 amide bonds. The molecule has 0 radical (unpaired) electrons. The van der Waals surface area contributed by atoms with E-state index in [1.54, 1.807) is 0 Å². The first-order valence-electron chi connectivity index (χ1n) is 16.8. The third kappa shape index (κ3) is 14.0. The molecule has 2 aliphatic rings. The van der Waals surface area contributed by atoms with E-state index in [1.165, 1.54) is 4.90 Å². The van der Waals surface area contributed by atoms with Crippen molar-refractivity contribution in [3.8, 4) is 0 Å². The van der Waals surface area contributed by atoms with Crippen LogP contribution in [-0.4, -0.2) is 174 Å². The summed E-state index contributed by atoms with van der Waals surface area (Å²) < 4.78 is 10.9. The summed E-state index contributed by atoms with van der Waals surface area (Å²) in [6, 6.07) is -0.884. The van der Waals surface area contributed by atoms with E-state index in [-0.39, 0.29) is 42.6 Å². The maximum atomic E-state index is 13.4. The molecule has 0 bridgehead atoms. The summed E-state index contributed by atoms with van der Waals surface area (Å²) in [4.78, 5) is 39.7. The van der Waals surface area contributed by atoms with Crippen molar-refractivity contribution < 1.29 is 64.7 Å². The maximum Gasteiger partial charge on any atom is 0.240 e. The van der Waals surface area contributed by atoms with Gasteiger partial charge in [0.1, 0.15) is 65.7 Å². The van der Waals surface area contributed by atoms with Gasteiger partial charge in [-0.05, 0) is 38.6 Å². The largest absolute Gasteiger partial charge is 0.394 e. The lowest BCUT2D eigenvalue weighted by Crippen LogP contribution is -2.57. The number of amides is 3. The van der Waals surface area contributed by atoms with Crippen LogP contribution in [0.25, 0.3) is 0 Å². The molecular formula is C30H56N4O13S2. The molecule has 0 spiro atoms. The average molecular weight is 745 g/mol. The van der Waals surface area contributed by atoms with Crippen molar-refractivity contribution in [3.63, 3.8) is 0 Å². The first kappa shape index (κ1) is 43.8. The van der Waals surface area contributed by atoms with Crippen LogP contribution in [-0.2, 0) is 23.9 Å². The molecule has 19 heteroatoms. The van der Waals surface area contributed by atoms with Crippen molar-refractivity contribution in [1.82, 2.24) is 10.2 Å². The highest BCUT2D eigenvalue weighted by Gasteiger charge is 2.44. The number of primary amides is 1. The predicted octanol–water partition coefficient (Wildman–Crippen LogP) is -3.68. The van der Waals surface area contributed by atoms with Gasteiger partial charge in [0.25, 0.3) is 0 Å². The van der Waals surface area contributed by atoms with Crippen molar-refractivity contribution >= 4 is 41.2 Å². The predicted molar refractivity (Wildman–Crippen MR) is 181 cm³/mol. The van der Waals surface area contributed by atoms with E-state index < -0.39 is 84.9 Å². The molecule has 2 fully saturated rings. The minimum absolute atomic E-state index is 0.0243. The number of ether oxygens (including phenoxy) is 2. The van der Waals surface area contributed by atoms with E-state index in [1.807, 2.05) is 0 Å². The van der Waals surface area contributed by atoms with E-state index >= 15 is 0 Å². The fourth-order valence-electron chi connectivity index (χ4n) is 5.55. The molecular weight excluding hydrogens is 688 g/mol. The Labute approximate surface area is 295 Å². The van der Waals surface area contributed by atoms with Crippen molar-refractivity contribution in [2.45, 2.75) is 124 Å². The number of unbranched alkanes of at least 4 members (excludes halogenated alkanes) is 4. The normalized spacial score (nSPS) is 30.9. The van der Waals surface area contributed by atoms with Crippen molar-refractivity contribution in [3.05, 3.63) is 0 Å². The molecule has 2 aliphatic heterocycles. The van der Waals surface area contributed by atoms with Crippen LogP contribution in [0.1, 0.15) is 57.8 Å². The molecule has 0 aromatic rings. The number of nitrogens with zero attached hydrogens (tertiary/aromatic N) is 1. The minimum atomic E-state index is -1.52. The number of hydrogen-bond donors (Lipinski definition) is 11. The summed E-state index contributed by atoms with van der Waals surface area (Å²) >= 11 is 2.13. The van der Waals surface area contributed by atoms with Crippen LogP contribution < -0.4 is 16.8 Å². The minimum Gasteiger partial charge on any atom is -0.394 e. The summed E-state index contributed by atoms with van der Waals surface area (Å²) in [6.07, 6.45) is -6.41. The highest BCUT2D eigenvalue weighted by Crippen LogP contribution is 2.30. The van der Waals surface area contributed by atoms with Crippen molar-refractivity contribution in [1.29, 1.82) is 0 Å². The number of hydrogen-bond acceptors (Lipinski definition) is 16. The highest BCUT2D eigenvalue weighted by atomic mass is 32.2. The van der Waals surface area contributed by atoms with Crippen LogP contribution in [0, 0.1) is 0 Å². The summed E-state index contributed by atoms with van der Waals surface area (Å²) in [5, 5.41) is 81.7. The van der Waals surface area contributed by atoms with E-state index in [0.717, 1.165) is 42.8 Å². The van der Waals surface area contributed by atoms with E-state index in [4.69, 9.17) is 20.9 Å². The molecule has 17 nitrogen and oxygen atoms in total. The first-order valence-corrected chi connectivity index (χ1v) is 18.9. The number of aliphatic hydroxyl groups is 8. The lowest BCUT2D eigenvalue weighted by atomic mass is 10.0. The van der Waals surface area contributed by atoms with Crippen molar-refractivity contribution in [2.24, 2.45) is 11.5 Å². The zero-order valence-corrected chi connectivity index (χ0v) is 29.3. The van der Waals surface area contributed by atoms with Gasteiger partial charge in [0.15, 0.2) is 0 Å². The Morgan fingerprint density at radius 2 is 1.24 bits per heavy atom. The Hall–Kier alpha value is -1.33. The summed E-state index contributed by atoms with van der Waals surface area (Å²) in [5.41, 5.74) is 9.42. The van der Waals surface area contributed by atoms with Gasteiger partial charge < -0.3 is 72.0 Å². The Morgan fingerprint density at radius 3 is 1.76 bits per heavy atom. The smallest absolute Gasteiger partial charge is 0.240 e. The monoisotopic (exact) mass is 744 g/mol. The van der Waals surface area contributed by atoms with Crippen LogP contribution in [0.5, 0.6) is 0 Å². The fourth-order valence-corrected chi connectivity index (χ4v) is 7.77. The number of carbonyl (C=O) groups is 3. The number of carbonyl (C=O) groups excluding carboxylic acids is 3. The van der Waals surface area contributed by atoms with Gasteiger partial charge in [-0.3, -0.25) is 14.4 Å². The number of nitrogens with two attached hydrogens (primary N) is 2. The number of nitrogens with one attached hydrogen (secondary N) is 1. The number of aliphatic hydroxyl groups excluding tert-OH is 8. The van der Waals surface area contributed by atoms with Crippen LogP contribution in [0.3, 0.4) is 0 Å². The Kier molecular flexibility index (Phi) is 20.8. The second-order valence-corrected chi connectivity index (χ2v) is 14.6. The summed E-state index contributed by atoms with van der Waals surface area (Å²) in [6.45, 7) is 0.0512. The van der Waals surface area contributed by atoms with Gasteiger partial charge >= 0.3 is 0 Å². The highest BCUT2D eigenvalue weighted by molar-refractivity contribution is 8.00. The lowest BCUT2D eigenvalue weighted by Gasteiger charge is -2.39. The standard InChI is InChI=1S/C30H56N4O13S2/c31-10-4-1-2-6-12-34(21(38)9-14-49-30-27(44)25(42)23(40)19(16-36)47-30)17(28(32)45)7-3-5-11-33-20(37)8-13-48-29-26(43)24(41)22(39)18(15-35)46-29/h17-19,22-27,29-30,35-36,39-44H,1-16,31H2,(H2,32,45)(H,33,37)/t17-,18+,19+,22+,23+,24-,25-,26-,27-,29+,30+/m0/s1. The zero-order valence-electron chi connectivity index (χ0n) is 27.7. The summed E-state index contributed by atoms with van der Waals surface area (Å²) in [5.74, 6) is -0.849. The van der Waals surface area contributed by atoms with E-state index in [9.17, 15) is 55.2 Å². The van der Waals surface area contributed by atoms with Gasteiger partial charge in [-0.15, -0.1) is 23.5 Å². The Morgan fingerprint density at radius 1 is 0.714 bits per heavy atom. The molecule has 13 N–H and O–H groups in total. The second-order valence-electron chi connectivity index (χ2n) is 12.2. The van der Waals surface area contributed by atoms with Gasteiger partial charge in [-0.25, -0.2) is 0 Å². The van der Waals surface area contributed by atoms with Gasteiger partial charge in [-0.1, -0.05) is 12.8 Å². The number of thioether (sulfide) groups is 2. The van der Waals surface area contributed by atoms with E-state index in [0.29, 0.717) is 38.9 Å². The van der Waals surface area contributed by atoms with Crippen LogP contribution >= 0.6 is 23.5 Å². The fraction of sp³-hybridized carbons (Fsp3) is 0.900. The molecule has 0 saturated carbocycles. The molecule has 2 saturated heterocycles. The number of rotatable bonds is 23. The van der Waals surface area contributed by atoms with Crippen LogP contribution in [0.15, 0.2) is 0 Å². The van der Waals surface area contributed by atoms with Crippen LogP contribution in [0.4, 0.5) is 0 Å². The van der Waals surface area contributed by atoms with Gasteiger partial charge in [0.2, 0.25) is 17.7 Å². The van der Waals surface area contributed by atoms with Gasteiger partial charge in [-0.2, -0.15) is 0 Å². The van der Waals surface area contributed by atoms with Gasteiger partial charge in [0.05, 0.1) is 13.2 Å². The summed E-state index contributed by atoms with van der Waals surface area (Å²) in [7, 11) is 0. The van der Waals surface area contributed by atoms with Gasteiger partial charge in [0, 0.05) is 37.4 Å². The third-order valence-electron chi connectivity index (χ3n) is 8.51.